The van der Waals surface area contributed by atoms with E-state index in [0.717, 1.165) is 38.5 Å². The Labute approximate surface area is 381 Å². The van der Waals surface area contributed by atoms with Gasteiger partial charge in [0.2, 0.25) is 5.91 Å². The average Bonchev–Trinajstić information content (AvgIpc) is 3.25. The smallest absolute Gasteiger partial charge is 0.306 e. The van der Waals surface area contributed by atoms with Crippen molar-refractivity contribution in [2.24, 2.45) is 0 Å². The van der Waals surface area contributed by atoms with Crippen LogP contribution < -0.4 is 5.32 Å². The van der Waals surface area contributed by atoms with Gasteiger partial charge in [0.05, 0.1) is 25.2 Å². The molecular weight excluding hydrogens is 755 g/mol. The molecule has 6 heteroatoms. The number of ether oxygens (including phenoxy) is 1. The van der Waals surface area contributed by atoms with Crippen molar-refractivity contribution in [3.8, 4) is 0 Å². The number of hydrogen-bond acceptors (Lipinski definition) is 5. The Bertz CT molecular complexity index is 882. The van der Waals surface area contributed by atoms with Crippen LogP contribution >= 0.6 is 0 Å². The Morgan fingerprint density at radius 1 is 0.410 bits per heavy atom. The first-order chi connectivity index (χ1) is 30.0. The summed E-state index contributed by atoms with van der Waals surface area (Å²) in [6.45, 7) is 6.52. The standard InChI is InChI=1S/C55H109NO5/c1-4-7-10-13-16-19-22-24-26-28-30-33-36-39-42-45-48-55(60)61-51(46-43-40-37-34-31-21-18-15-12-9-6-3)49-54(59)56-52(50-57)53(58)47-44-41-38-35-32-29-27-25-23-20-17-14-11-8-5-2/h51-53,57-58H,4-50H2,1-3H3,(H,56,59). The number of nitrogens with one attached hydrogen (secondary N) is 1. The van der Waals surface area contributed by atoms with E-state index in [2.05, 4.69) is 26.1 Å². The van der Waals surface area contributed by atoms with Crippen LogP contribution in [0, 0.1) is 0 Å². The fourth-order valence-corrected chi connectivity index (χ4v) is 8.96. The average molecular weight is 864 g/mol. The fraction of sp³-hybridized carbons (Fsp3) is 0.964. The first-order valence-corrected chi connectivity index (χ1v) is 27.8. The van der Waals surface area contributed by atoms with Crippen LogP contribution in [0.4, 0.5) is 0 Å². The molecule has 0 saturated heterocycles. The number of unbranched alkanes of at least 4 members (excludes halogenated alkanes) is 39. The highest BCUT2D eigenvalue weighted by Crippen LogP contribution is 2.19. The molecule has 0 bridgehead atoms. The molecular formula is C55H109NO5. The number of hydrogen-bond donors (Lipinski definition) is 3. The van der Waals surface area contributed by atoms with Crippen LogP contribution in [0.5, 0.6) is 0 Å². The molecule has 3 atom stereocenters. The van der Waals surface area contributed by atoms with Gasteiger partial charge in [0.1, 0.15) is 6.10 Å². The van der Waals surface area contributed by atoms with Gasteiger partial charge >= 0.3 is 5.97 Å². The molecule has 3 unspecified atom stereocenters. The van der Waals surface area contributed by atoms with E-state index in [-0.39, 0.29) is 24.9 Å². The molecule has 1 amide bonds. The third-order valence-electron chi connectivity index (χ3n) is 13.2. The van der Waals surface area contributed by atoms with Crippen molar-refractivity contribution < 1.29 is 24.5 Å². The van der Waals surface area contributed by atoms with Crippen molar-refractivity contribution in [1.29, 1.82) is 0 Å². The Morgan fingerprint density at radius 3 is 1.00 bits per heavy atom. The zero-order valence-electron chi connectivity index (χ0n) is 41.6. The van der Waals surface area contributed by atoms with Crippen LogP contribution in [0.15, 0.2) is 0 Å². The van der Waals surface area contributed by atoms with E-state index in [0.29, 0.717) is 19.3 Å². The molecule has 6 nitrogen and oxygen atoms in total. The number of carbonyl (C=O) groups is 2. The highest BCUT2D eigenvalue weighted by Gasteiger charge is 2.24. The molecule has 3 N–H and O–H groups in total. The lowest BCUT2D eigenvalue weighted by Gasteiger charge is -2.24. The number of aliphatic hydroxyl groups excluding tert-OH is 2. The molecule has 0 aliphatic heterocycles. The van der Waals surface area contributed by atoms with E-state index < -0.39 is 18.2 Å². The van der Waals surface area contributed by atoms with Crippen LogP contribution in [0.2, 0.25) is 0 Å². The molecule has 0 aromatic carbocycles. The molecule has 0 fully saturated rings. The van der Waals surface area contributed by atoms with Gasteiger partial charge in [-0.2, -0.15) is 0 Å². The summed E-state index contributed by atoms with van der Waals surface area (Å²) in [6, 6.07) is -0.692. The van der Waals surface area contributed by atoms with E-state index in [4.69, 9.17) is 4.74 Å². The molecule has 0 rings (SSSR count). The largest absolute Gasteiger partial charge is 0.462 e. The second-order valence-electron chi connectivity index (χ2n) is 19.4. The maximum atomic E-state index is 13.2. The zero-order chi connectivity index (χ0) is 44.5. The topological polar surface area (TPSA) is 95.9 Å². The number of esters is 1. The summed E-state index contributed by atoms with van der Waals surface area (Å²) in [5.41, 5.74) is 0. The lowest BCUT2D eigenvalue weighted by Crippen LogP contribution is -2.46. The first kappa shape index (κ1) is 59.9. The second-order valence-corrected chi connectivity index (χ2v) is 19.4. The minimum Gasteiger partial charge on any atom is -0.462 e. The van der Waals surface area contributed by atoms with Gasteiger partial charge in [-0.1, -0.05) is 278 Å². The minimum absolute atomic E-state index is 0.0879. The van der Waals surface area contributed by atoms with Crippen LogP contribution in [0.25, 0.3) is 0 Å². The Morgan fingerprint density at radius 2 is 0.689 bits per heavy atom. The van der Waals surface area contributed by atoms with Gasteiger partial charge in [0.25, 0.3) is 0 Å². The van der Waals surface area contributed by atoms with Gasteiger partial charge < -0.3 is 20.3 Å². The van der Waals surface area contributed by atoms with Crippen LogP contribution in [0.1, 0.15) is 316 Å². The van der Waals surface area contributed by atoms with E-state index in [1.165, 1.54) is 231 Å². The summed E-state index contributed by atoms with van der Waals surface area (Å²) in [6.07, 6.45) is 54.5. The number of aliphatic hydroxyl groups is 2. The Kier molecular flexibility index (Phi) is 48.9. The third kappa shape index (κ3) is 45.2. The predicted octanol–water partition coefficient (Wildman–Crippen LogP) is 16.7. The van der Waals surface area contributed by atoms with Crippen molar-refractivity contribution in [3.05, 3.63) is 0 Å². The molecule has 0 spiro atoms. The highest BCUT2D eigenvalue weighted by molar-refractivity contribution is 5.77. The molecule has 0 aromatic rings. The van der Waals surface area contributed by atoms with Crippen molar-refractivity contribution in [2.75, 3.05) is 6.61 Å². The molecule has 0 aliphatic rings. The van der Waals surface area contributed by atoms with Crippen LogP contribution in [-0.4, -0.2) is 46.9 Å². The van der Waals surface area contributed by atoms with E-state index >= 15 is 0 Å². The van der Waals surface area contributed by atoms with Crippen molar-refractivity contribution in [2.45, 2.75) is 334 Å². The van der Waals surface area contributed by atoms with Crippen LogP contribution in [0.3, 0.4) is 0 Å². The van der Waals surface area contributed by atoms with Gasteiger partial charge in [0.15, 0.2) is 0 Å². The number of carbonyl (C=O) groups excluding carboxylic acids is 2. The number of rotatable bonds is 51. The zero-order valence-corrected chi connectivity index (χ0v) is 41.6. The molecule has 0 saturated carbocycles. The van der Waals surface area contributed by atoms with Gasteiger partial charge in [-0.3, -0.25) is 9.59 Å². The first-order valence-electron chi connectivity index (χ1n) is 27.8. The quantitative estimate of drug-likeness (QED) is 0.0418. The van der Waals surface area contributed by atoms with Crippen LogP contribution in [-0.2, 0) is 14.3 Å². The fourth-order valence-electron chi connectivity index (χ4n) is 8.96. The summed E-state index contributed by atoms with van der Waals surface area (Å²) in [4.78, 5) is 26.2. The van der Waals surface area contributed by atoms with Gasteiger partial charge in [-0.05, 0) is 25.7 Å². The number of amides is 1. The summed E-state index contributed by atoms with van der Waals surface area (Å²) in [5, 5.41) is 23.8. The predicted molar refractivity (Wildman–Crippen MR) is 264 cm³/mol. The molecule has 61 heavy (non-hydrogen) atoms. The highest BCUT2D eigenvalue weighted by atomic mass is 16.5. The third-order valence-corrected chi connectivity index (χ3v) is 13.2. The second kappa shape index (κ2) is 49.9. The Hall–Kier alpha value is -1.14. The van der Waals surface area contributed by atoms with Crippen molar-refractivity contribution in [1.82, 2.24) is 5.32 Å². The summed E-state index contributed by atoms with van der Waals surface area (Å²) >= 11 is 0. The maximum absolute atomic E-state index is 13.2. The normalized spacial score (nSPS) is 13.1. The van der Waals surface area contributed by atoms with Gasteiger partial charge in [-0.15, -0.1) is 0 Å². The lowest BCUT2D eigenvalue weighted by atomic mass is 10.0. The van der Waals surface area contributed by atoms with Gasteiger partial charge in [0, 0.05) is 6.42 Å². The summed E-state index contributed by atoms with van der Waals surface area (Å²) in [7, 11) is 0. The molecule has 364 valence electrons. The summed E-state index contributed by atoms with van der Waals surface area (Å²) in [5.74, 6) is -0.448. The van der Waals surface area contributed by atoms with Crippen molar-refractivity contribution >= 4 is 11.9 Å². The lowest BCUT2D eigenvalue weighted by molar-refractivity contribution is -0.151. The van der Waals surface area contributed by atoms with E-state index in [1.54, 1.807) is 0 Å². The molecule has 0 radical (unpaired) electrons. The SMILES string of the molecule is CCCCCCCCCCCCCCCCCCC(=O)OC(CCCCCCCCCCCCC)CC(=O)NC(CO)C(O)CCCCCCCCCCCCCCCCC. The summed E-state index contributed by atoms with van der Waals surface area (Å²) < 4.78 is 5.95. The van der Waals surface area contributed by atoms with Gasteiger partial charge in [-0.25, -0.2) is 0 Å². The van der Waals surface area contributed by atoms with Crippen molar-refractivity contribution in [3.63, 3.8) is 0 Å². The molecule has 0 aromatic heterocycles. The Balaban J connectivity index is 4.43. The van der Waals surface area contributed by atoms with E-state index in [1.807, 2.05) is 0 Å². The monoisotopic (exact) mass is 864 g/mol. The maximum Gasteiger partial charge on any atom is 0.306 e. The molecule has 0 aliphatic carbocycles. The van der Waals surface area contributed by atoms with E-state index in [9.17, 15) is 19.8 Å². The molecule has 0 heterocycles. The minimum atomic E-state index is -0.779.